The van der Waals surface area contributed by atoms with Gasteiger partial charge in [-0.1, -0.05) is 47.6 Å². The van der Waals surface area contributed by atoms with Crippen LogP contribution in [0.2, 0.25) is 0 Å². The number of hydrogen-bond donors (Lipinski definition) is 0. The van der Waals surface area contributed by atoms with Crippen molar-refractivity contribution in [1.29, 1.82) is 0 Å². The second-order valence-electron chi connectivity index (χ2n) is 6.68. The average Bonchev–Trinajstić information content (AvgIpc) is 3.43. The predicted octanol–water partition coefficient (Wildman–Crippen LogP) is 3.75. The summed E-state index contributed by atoms with van der Waals surface area (Å²) in [6.07, 6.45) is 0.957. The van der Waals surface area contributed by atoms with Gasteiger partial charge in [-0.05, 0) is 23.3 Å². The third-order valence-corrected chi connectivity index (χ3v) is 4.79. The highest BCUT2D eigenvalue weighted by Crippen LogP contribution is 2.29. The van der Waals surface area contributed by atoms with E-state index in [0.717, 1.165) is 21.8 Å². The lowest BCUT2D eigenvalue weighted by atomic mass is 9.92. The number of carbonyl (C=O) groups excluding carboxylic acids is 2. The Labute approximate surface area is 167 Å². The molecule has 7 nitrogen and oxygen atoms in total. The van der Waals surface area contributed by atoms with Gasteiger partial charge in [-0.3, -0.25) is 4.79 Å². The molecule has 29 heavy (non-hydrogen) atoms. The van der Waals surface area contributed by atoms with E-state index in [0.29, 0.717) is 12.3 Å². The van der Waals surface area contributed by atoms with Gasteiger partial charge in [0.05, 0.1) is 12.2 Å². The zero-order valence-corrected chi connectivity index (χ0v) is 15.7. The highest BCUT2D eigenvalue weighted by atomic mass is 16.6. The first-order chi connectivity index (χ1) is 14.2. The van der Waals surface area contributed by atoms with Crippen LogP contribution >= 0.6 is 0 Å². The number of ether oxygens (including phenoxy) is 2. The Kier molecular flexibility index (Phi) is 5.56. The quantitative estimate of drug-likeness (QED) is 0.609. The number of aromatic nitrogens is 1. The number of benzene rings is 2. The van der Waals surface area contributed by atoms with Gasteiger partial charge in [0.15, 0.2) is 0 Å². The molecular formula is C22H20N2O5. The molecule has 148 valence electrons. The van der Waals surface area contributed by atoms with Gasteiger partial charge in [-0.25, -0.2) is 9.69 Å². The Hall–Kier alpha value is -3.61. The zero-order valence-electron chi connectivity index (χ0n) is 15.7. The Bertz CT molecular complexity index is 955. The first-order valence-electron chi connectivity index (χ1n) is 9.35. The predicted molar refractivity (Wildman–Crippen MR) is 103 cm³/mol. The van der Waals surface area contributed by atoms with Crippen LogP contribution in [-0.2, 0) is 16.1 Å². The van der Waals surface area contributed by atoms with E-state index in [1.54, 1.807) is 6.07 Å². The topological polar surface area (TPSA) is 81.9 Å². The molecule has 0 N–H and O–H groups in total. The molecule has 0 unspecified atom stereocenters. The van der Waals surface area contributed by atoms with Crippen molar-refractivity contribution in [3.8, 4) is 5.75 Å². The monoisotopic (exact) mass is 392 g/mol. The number of carbonyl (C=O) groups is 2. The van der Waals surface area contributed by atoms with Gasteiger partial charge in [0.2, 0.25) is 5.91 Å². The molecular weight excluding hydrogens is 372 g/mol. The second-order valence-corrected chi connectivity index (χ2v) is 6.68. The fourth-order valence-electron chi connectivity index (χ4n) is 3.24. The molecule has 2 heterocycles. The van der Waals surface area contributed by atoms with Crippen molar-refractivity contribution in [2.45, 2.75) is 18.9 Å². The van der Waals surface area contributed by atoms with Gasteiger partial charge < -0.3 is 14.0 Å². The van der Waals surface area contributed by atoms with Crippen molar-refractivity contribution in [2.75, 3.05) is 13.2 Å². The van der Waals surface area contributed by atoms with Crippen LogP contribution in [0.5, 0.6) is 5.75 Å². The summed E-state index contributed by atoms with van der Waals surface area (Å²) in [6.45, 7) is 0.977. The molecule has 0 radical (unpaired) electrons. The molecule has 1 aliphatic heterocycles. The minimum absolute atomic E-state index is 0.0891. The van der Waals surface area contributed by atoms with Gasteiger partial charge in [0, 0.05) is 18.4 Å². The highest BCUT2D eigenvalue weighted by molar-refractivity contribution is 5.93. The molecule has 3 aromatic rings. The summed E-state index contributed by atoms with van der Waals surface area (Å²) >= 11 is 0. The van der Waals surface area contributed by atoms with E-state index < -0.39 is 6.09 Å². The normalized spacial score (nSPS) is 14.5. The van der Waals surface area contributed by atoms with Crippen molar-refractivity contribution in [3.05, 3.63) is 83.7 Å². The largest absolute Gasteiger partial charge is 0.489 e. The van der Waals surface area contributed by atoms with Crippen LogP contribution in [0.1, 0.15) is 29.2 Å². The summed E-state index contributed by atoms with van der Waals surface area (Å²) < 4.78 is 15.6. The minimum Gasteiger partial charge on any atom is -0.489 e. The second kappa shape index (κ2) is 8.60. The van der Waals surface area contributed by atoms with Crippen molar-refractivity contribution in [2.24, 2.45) is 0 Å². The lowest BCUT2D eigenvalue weighted by molar-refractivity contribution is -0.128. The van der Waals surface area contributed by atoms with Crippen LogP contribution in [-0.4, -0.2) is 35.2 Å². The molecule has 0 spiro atoms. The van der Waals surface area contributed by atoms with E-state index in [1.807, 2.05) is 54.6 Å². The summed E-state index contributed by atoms with van der Waals surface area (Å²) in [7, 11) is 0. The number of imide groups is 1. The number of rotatable bonds is 7. The van der Waals surface area contributed by atoms with Gasteiger partial charge in [0.25, 0.3) is 0 Å². The van der Waals surface area contributed by atoms with E-state index in [4.69, 9.17) is 14.0 Å². The maximum Gasteiger partial charge on any atom is 0.416 e. The van der Waals surface area contributed by atoms with Crippen LogP contribution in [0.15, 0.2) is 71.4 Å². The average molecular weight is 392 g/mol. The number of cyclic esters (lactones) is 1. The lowest BCUT2D eigenvalue weighted by Crippen LogP contribution is -2.32. The molecule has 1 aromatic heterocycles. The summed E-state index contributed by atoms with van der Waals surface area (Å²) in [5, 5.41) is 4.00. The van der Waals surface area contributed by atoms with Crippen LogP contribution in [0.3, 0.4) is 0 Å². The Morgan fingerprint density at radius 2 is 1.90 bits per heavy atom. The molecule has 0 saturated carbocycles. The third-order valence-electron chi connectivity index (χ3n) is 4.79. The Morgan fingerprint density at radius 1 is 1.10 bits per heavy atom. The molecule has 2 amide bonds. The SMILES string of the molecule is O=C(C[C@@H](c1ccc(OCc2ccccc2)cc1)c1ccon1)N1CCOC1=O. The first-order valence-corrected chi connectivity index (χ1v) is 9.35. The fraction of sp³-hybridized carbons (Fsp3) is 0.227. The van der Waals surface area contributed by atoms with Gasteiger partial charge in [-0.15, -0.1) is 0 Å². The van der Waals surface area contributed by atoms with Crippen LogP contribution in [0, 0.1) is 0 Å². The van der Waals surface area contributed by atoms with Crippen molar-refractivity contribution >= 4 is 12.0 Å². The summed E-state index contributed by atoms with van der Waals surface area (Å²) in [5.74, 6) is 0.0914. The van der Waals surface area contributed by atoms with E-state index in [9.17, 15) is 9.59 Å². The van der Waals surface area contributed by atoms with Crippen molar-refractivity contribution in [1.82, 2.24) is 10.1 Å². The fourth-order valence-corrected chi connectivity index (χ4v) is 3.24. The van der Waals surface area contributed by atoms with Gasteiger partial charge >= 0.3 is 6.09 Å². The van der Waals surface area contributed by atoms with Crippen LogP contribution < -0.4 is 4.74 Å². The maximum atomic E-state index is 12.6. The molecule has 2 aromatic carbocycles. The van der Waals surface area contributed by atoms with E-state index in [1.165, 1.54) is 6.26 Å². The van der Waals surface area contributed by atoms with Crippen LogP contribution in [0.25, 0.3) is 0 Å². The standard InChI is InChI=1S/C22H20N2O5/c25-21(24-11-13-27-22(24)26)14-19(20-10-12-29-23-20)17-6-8-18(9-7-17)28-15-16-4-2-1-3-5-16/h1-10,12,19H,11,13-15H2/t19-/m0/s1. The maximum absolute atomic E-state index is 12.6. The van der Waals surface area contributed by atoms with Gasteiger partial charge in [-0.2, -0.15) is 0 Å². The first kappa shape index (κ1) is 18.7. The van der Waals surface area contributed by atoms with Crippen molar-refractivity contribution in [3.63, 3.8) is 0 Å². The minimum atomic E-state index is -0.599. The molecule has 1 atom stereocenters. The summed E-state index contributed by atoms with van der Waals surface area (Å²) in [4.78, 5) is 25.4. The Morgan fingerprint density at radius 3 is 2.55 bits per heavy atom. The molecule has 1 aliphatic rings. The van der Waals surface area contributed by atoms with Crippen LogP contribution in [0.4, 0.5) is 4.79 Å². The number of nitrogens with zero attached hydrogens (tertiary/aromatic N) is 2. The Balaban J connectivity index is 1.47. The number of amides is 2. The number of hydrogen-bond acceptors (Lipinski definition) is 6. The van der Waals surface area contributed by atoms with E-state index in [2.05, 4.69) is 5.16 Å². The molecule has 1 fully saturated rings. The van der Waals surface area contributed by atoms with Gasteiger partial charge in [0.1, 0.15) is 25.2 Å². The molecule has 7 heteroatoms. The molecule has 0 aliphatic carbocycles. The smallest absolute Gasteiger partial charge is 0.416 e. The summed E-state index contributed by atoms with van der Waals surface area (Å²) in [5.41, 5.74) is 2.59. The molecule has 0 bridgehead atoms. The third kappa shape index (κ3) is 4.45. The highest BCUT2D eigenvalue weighted by Gasteiger charge is 2.31. The van der Waals surface area contributed by atoms with E-state index in [-0.39, 0.29) is 31.4 Å². The van der Waals surface area contributed by atoms with E-state index >= 15 is 0 Å². The molecule has 1 saturated heterocycles. The van der Waals surface area contributed by atoms with Crippen molar-refractivity contribution < 1.29 is 23.6 Å². The molecule has 4 rings (SSSR count). The zero-order chi connectivity index (χ0) is 20.1. The lowest BCUT2D eigenvalue weighted by Gasteiger charge is -2.18. The summed E-state index contributed by atoms with van der Waals surface area (Å²) in [6, 6.07) is 19.2.